The summed E-state index contributed by atoms with van der Waals surface area (Å²) in [7, 11) is 0. The van der Waals surface area contributed by atoms with Crippen molar-refractivity contribution in [2.45, 2.75) is 13.0 Å². The molecule has 3 rings (SSSR count). The van der Waals surface area contributed by atoms with Crippen molar-refractivity contribution >= 4 is 23.0 Å². The molecule has 0 radical (unpaired) electrons. The minimum absolute atomic E-state index is 0.198. The van der Waals surface area contributed by atoms with Gasteiger partial charge in [0.1, 0.15) is 5.82 Å². The van der Waals surface area contributed by atoms with Crippen LogP contribution >= 0.6 is 11.6 Å². The maximum Gasteiger partial charge on any atom is 0.125 e. The molecule has 2 N–H and O–H groups in total. The van der Waals surface area contributed by atoms with E-state index in [9.17, 15) is 4.39 Å². The monoisotopic (exact) mass is 276 g/mol. The normalized spacial score (nSPS) is 13.7. The highest BCUT2D eigenvalue weighted by Gasteiger charge is 2.19. The van der Waals surface area contributed by atoms with Crippen LogP contribution < -0.4 is 10.6 Å². The molecule has 1 heterocycles. The minimum atomic E-state index is -0.198. The largest absolute Gasteiger partial charge is 0.399 e. The lowest BCUT2D eigenvalue weighted by molar-refractivity contribution is 0.627. The summed E-state index contributed by atoms with van der Waals surface area (Å²) in [6, 6.07) is 10.5. The number of anilines is 2. The predicted molar refractivity (Wildman–Crippen MR) is 77.0 cm³/mol. The van der Waals surface area contributed by atoms with Gasteiger partial charge < -0.3 is 10.6 Å². The van der Waals surface area contributed by atoms with E-state index in [1.807, 2.05) is 18.2 Å². The van der Waals surface area contributed by atoms with Gasteiger partial charge in [0.25, 0.3) is 0 Å². The molecule has 98 valence electrons. The molecule has 0 aliphatic carbocycles. The van der Waals surface area contributed by atoms with Crippen molar-refractivity contribution in [3.63, 3.8) is 0 Å². The third kappa shape index (κ3) is 2.51. The van der Waals surface area contributed by atoms with E-state index >= 15 is 0 Å². The molecule has 0 unspecified atom stereocenters. The summed E-state index contributed by atoms with van der Waals surface area (Å²) < 4.78 is 13.3. The minimum Gasteiger partial charge on any atom is -0.399 e. The zero-order valence-corrected chi connectivity index (χ0v) is 11.1. The van der Waals surface area contributed by atoms with E-state index in [1.54, 1.807) is 12.1 Å². The molecule has 2 nitrogen and oxygen atoms in total. The first-order valence-corrected chi connectivity index (χ1v) is 6.58. The van der Waals surface area contributed by atoms with Crippen molar-refractivity contribution < 1.29 is 4.39 Å². The van der Waals surface area contributed by atoms with Crippen molar-refractivity contribution in [1.29, 1.82) is 0 Å². The van der Waals surface area contributed by atoms with Gasteiger partial charge in [-0.2, -0.15) is 0 Å². The Bertz CT molecular complexity index is 607. The van der Waals surface area contributed by atoms with Gasteiger partial charge in [-0.1, -0.05) is 17.7 Å². The Labute approximate surface area is 116 Å². The molecule has 0 saturated carbocycles. The highest BCUT2D eigenvalue weighted by Crippen LogP contribution is 2.30. The van der Waals surface area contributed by atoms with Crippen LogP contribution in [0.1, 0.15) is 11.1 Å². The lowest BCUT2D eigenvalue weighted by Crippen LogP contribution is -2.19. The first-order chi connectivity index (χ1) is 9.11. The van der Waals surface area contributed by atoms with E-state index in [1.165, 1.54) is 11.6 Å². The van der Waals surface area contributed by atoms with E-state index < -0.39 is 0 Å². The number of fused-ring (bicyclic) bond motifs is 1. The Kier molecular flexibility index (Phi) is 3.07. The van der Waals surface area contributed by atoms with Crippen LogP contribution in [0.5, 0.6) is 0 Å². The summed E-state index contributed by atoms with van der Waals surface area (Å²) in [6.07, 6.45) is 0.950. The molecule has 0 amide bonds. The molecular formula is C15H14ClFN2. The number of rotatable bonds is 2. The van der Waals surface area contributed by atoms with E-state index in [0.717, 1.165) is 24.2 Å². The average Bonchev–Trinajstić information content (AvgIpc) is 2.70. The van der Waals surface area contributed by atoms with Crippen LogP contribution in [0.4, 0.5) is 15.8 Å². The van der Waals surface area contributed by atoms with Gasteiger partial charge in [-0.05, 0) is 47.9 Å². The van der Waals surface area contributed by atoms with Crippen molar-refractivity contribution in [2.75, 3.05) is 17.2 Å². The molecule has 0 spiro atoms. The smallest absolute Gasteiger partial charge is 0.125 e. The van der Waals surface area contributed by atoms with Crippen LogP contribution in [0, 0.1) is 5.82 Å². The van der Waals surface area contributed by atoms with Crippen LogP contribution in [0.15, 0.2) is 36.4 Å². The van der Waals surface area contributed by atoms with Crippen LogP contribution in [-0.4, -0.2) is 6.54 Å². The maximum absolute atomic E-state index is 13.3. The summed E-state index contributed by atoms with van der Waals surface area (Å²) in [5.41, 5.74) is 9.65. The molecule has 19 heavy (non-hydrogen) atoms. The van der Waals surface area contributed by atoms with Gasteiger partial charge in [0, 0.05) is 29.5 Å². The summed E-state index contributed by atoms with van der Waals surface area (Å²) >= 11 is 6.00. The molecule has 0 bridgehead atoms. The van der Waals surface area contributed by atoms with Crippen LogP contribution in [0.2, 0.25) is 5.02 Å². The Morgan fingerprint density at radius 2 is 2.05 bits per heavy atom. The van der Waals surface area contributed by atoms with Gasteiger partial charge in [0.15, 0.2) is 0 Å². The fourth-order valence-corrected chi connectivity index (χ4v) is 2.84. The van der Waals surface area contributed by atoms with E-state index in [4.69, 9.17) is 17.3 Å². The van der Waals surface area contributed by atoms with Crippen LogP contribution in [-0.2, 0) is 13.0 Å². The standard InChI is InChI=1S/C15H14ClFN2/c16-12-5-10(6-14(18)7-12)9-19-4-3-11-1-2-13(17)8-15(11)19/h1-2,5-8H,3-4,9,18H2. The molecular weight excluding hydrogens is 263 g/mol. The molecule has 0 aromatic heterocycles. The fraction of sp³-hybridized carbons (Fsp3) is 0.200. The molecule has 2 aromatic rings. The summed E-state index contributed by atoms with van der Waals surface area (Å²) in [5.74, 6) is -0.198. The Morgan fingerprint density at radius 3 is 2.84 bits per heavy atom. The van der Waals surface area contributed by atoms with Gasteiger partial charge in [-0.3, -0.25) is 0 Å². The zero-order valence-electron chi connectivity index (χ0n) is 10.4. The maximum atomic E-state index is 13.3. The van der Waals surface area contributed by atoms with Gasteiger partial charge in [0.2, 0.25) is 0 Å². The van der Waals surface area contributed by atoms with Crippen molar-refractivity contribution in [3.8, 4) is 0 Å². The summed E-state index contributed by atoms with van der Waals surface area (Å²) in [6.45, 7) is 1.59. The molecule has 1 aliphatic heterocycles. The third-order valence-corrected chi connectivity index (χ3v) is 3.61. The van der Waals surface area contributed by atoms with Gasteiger partial charge in [-0.15, -0.1) is 0 Å². The Balaban J connectivity index is 1.88. The van der Waals surface area contributed by atoms with Gasteiger partial charge >= 0.3 is 0 Å². The third-order valence-electron chi connectivity index (χ3n) is 3.39. The number of nitrogens with zero attached hydrogens (tertiary/aromatic N) is 1. The average molecular weight is 277 g/mol. The first-order valence-electron chi connectivity index (χ1n) is 6.20. The van der Waals surface area contributed by atoms with Crippen LogP contribution in [0.3, 0.4) is 0 Å². The quantitative estimate of drug-likeness (QED) is 0.849. The van der Waals surface area contributed by atoms with Crippen molar-refractivity contribution in [3.05, 3.63) is 58.4 Å². The van der Waals surface area contributed by atoms with Gasteiger partial charge in [0.05, 0.1) is 0 Å². The number of nitrogen functional groups attached to an aromatic ring is 1. The molecule has 4 heteroatoms. The van der Waals surface area contributed by atoms with E-state index in [0.29, 0.717) is 17.3 Å². The second-order valence-electron chi connectivity index (χ2n) is 4.84. The second-order valence-corrected chi connectivity index (χ2v) is 5.27. The topological polar surface area (TPSA) is 29.3 Å². The first kappa shape index (κ1) is 12.3. The number of hydrogen-bond donors (Lipinski definition) is 1. The lowest BCUT2D eigenvalue weighted by Gasteiger charge is -2.20. The highest BCUT2D eigenvalue weighted by atomic mass is 35.5. The molecule has 0 saturated heterocycles. The van der Waals surface area contributed by atoms with Crippen LogP contribution in [0.25, 0.3) is 0 Å². The van der Waals surface area contributed by atoms with Gasteiger partial charge in [-0.25, -0.2) is 4.39 Å². The highest BCUT2D eigenvalue weighted by molar-refractivity contribution is 6.30. The van der Waals surface area contributed by atoms with E-state index in [2.05, 4.69) is 4.90 Å². The SMILES string of the molecule is Nc1cc(Cl)cc(CN2CCc3ccc(F)cc32)c1. The number of hydrogen-bond acceptors (Lipinski definition) is 2. The molecule has 1 aliphatic rings. The zero-order chi connectivity index (χ0) is 13.4. The Morgan fingerprint density at radius 1 is 1.21 bits per heavy atom. The predicted octanol–water partition coefficient (Wildman–Crippen LogP) is 3.62. The Hall–Kier alpha value is -1.74. The van der Waals surface area contributed by atoms with Crippen molar-refractivity contribution in [2.24, 2.45) is 0 Å². The van der Waals surface area contributed by atoms with Crippen molar-refractivity contribution in [1.82, 2.24) is 0 Å². The molecule has 0 atom stereocenters. The second kappa shape index (κ2) is 4.74. The molecule has 2 aromatic carbocycles. The van der Waals surface area contributed by atoms with E-state index in [-0.39, 0.29) is 5.82 Å². The summed E-state index contributed by atoms with van der Waals surface area (Å²) in [4.78, 5) is 2.16. The molecule has 0 fully saturated rings. The lowest BCUT2D eigenvalue weighted by atomic mass is 10.1. The fourth-order valence-electron chi connectivity index (χ4n) is 2.57. The number of benzene rings is 2. The summed E-state index contributed by atoms with van der Waals surface area (Å²) in [5, 5.41) is 0.633. The number of halogens is 2. The number of nitrogens with two attached hydrogens (primary N) is 1.